The van der Waals surface area contributed by atoms with Gasteiger partial charge in [-0.2, -0.15) is 13.2 Å². The summed E-state index contributed by atoms with van der Waals surface area (Å²) < 4.78 is 34.6. The van der Waals surface area contributed by atoms with Gasteiger partial charge in [0, 0.05) is 7.05 Å². The summed E-state index contributed by atoms with van der Waals surface area (Å²) in [5.74, 6) is -1.31. The topological polar surface area (TPSA) is 49.4 Å². The fourth-order valence-electron chi connectivity index (χ4n) is 0.971. The van der Waals surface area contributed by atoms with Gasteiger partial charge < -0.3 is 5.32 Å². The molecule has 1 aliphatic heterocycles. The second-order valence-corrected chi connectivity index (χ2v) is 4.18. The zero-order chi connectivity index (χ0) is 11.1. The van der Waals surface area contributed by atoms with Crippen molar-refractivity contribution in [3.8, 4) is 0 Å². The van der Waals surface area contributed by atoms with Gasteiger partial charge in [-0.1, -0.05) is 15.9 Å². The molecule has 1 atom stereocenters. The molecule has 1 N–H and O–H groups in total. The minimum absolute atomic E-state index is 0.395. The molecule has 0 saturated carbocycles. The molecule has 1 saturated heterocycles. The molecule has 1 heterocycles. The molecule has 0 aliphatic carbocycles. The molecule has 0 bridgehead atoms. The Morgan fingerprint density at radius 3 is 2.43 bits per heavy atom. The van der Waals surface area contributed by atoms with Crippen molar-refractivity contribution in [1.82, 2.24) is 10.2 Å². The normalized spacial score (nSPS) is 29.1. The van der Waals surface area contributed by atoms with E-state index in [9.17, 15) is 22.8 Å². The Morgan fingerprint density at radius 2 is 2.00 bits per heavy atom. The number of nitrogens with one attached hydrogen (secondary N) is 1. The summed E-state index contributed by atoms with van der Waals surface area (Å²) in [7, 11) is 0.985. The predicted molar refractivity (Wildman–Crippen MR) is 43.9 cm³/mol. The highest BCUT2D eigenvalue weighted by Gasteiger charge is 2.62. The number of imide groups is 1. The van der Waals surface area contributed by atoms with Gasteiger partial charge in [0.05, 0.1) is 6.54 Å². The molecular weight excluding hydrogens is 269 g/mol. The highest BCUT2D eigenvalue weighted by molar-refractivity contribution is 9.10. The maximum absolute atomic E-state index is 12.4. The van der Waals surface area contributed by atoms with Crippen LogP contribution in [0.15, 0.2) is 0 Å². The second kappa shape index (κ2) is 3.11. The van der Waals surface area contributed by atoms with E-state index >= 15 is 0 Å². The van der Waals surface area contributed by atoms with E-state index < -0.39 is 29.0 Å². The van der Waals surface area contributed by atoms with Crippen molar-refractivity contribution in [3.05, 3.63) is 0 Å². The van der Waals surface area contributed by atoms with Crippen molar-refractivity contribution in [2.24, 2.45) is 0 Å². The minimum atomic E-state index is -4.74. The van der Waals surface area contributed by atoms with Crippen LogP contribution in [0, 0.1) is 0 Å². The number of urea groups is 1. The minimum Gasteiger partial charge on any atom is -0.335 e. The Balaban J connectivity index is 3.04. The number of halogens is 4. The highest BCUT2D eigenvalue weighted by atomic mass is 79.9. The van der Waals surface area contributed by atoms with E-state index in [1.807, 2.05) is 5.32 Å². The van der Waals surface area contributed by atoms with Crippen LogP contribution in [0.4, 0.5) is 18.0 Å². The van der Waals surface area contributed by atoms with E-state index in [2.05, 4.69) is 15.9 Å². The van der Waals surface area contributed by atoms with E-state index in [0.29, 0.717) is 4.90 Å². The Kier molecular flexibility index (Phi) is 2.51. The molecule has 0 aromatic rings. The van der Waals surface area contributed by atoms with Crippen LogP contribution in [0.3, 0.4) is 0 Å². The van der Waals surface area contributed by atoms with E-state index in [1.165, 1.54) is 0 Å². The van der Waals surface area contributed by atoms with Crippen molar-refractivity contribution in [2.75, 3.05) is 13.6 Å². The third-order valence-electron chi connectivity index (χ3n) is 1.88. The van der Waals surface area contributed by atoms with Crippen molar-refractivity contribution < 1.29 is 22.8 Å². The van der Waals surface area contributed by atoms with E-state index in [-0.39, 0.29) is 0 Å². The number of amides is 3. The van der Waals surface area contributed by atoms with Crippen LogP contribution in [-0.4, -0.2) is 40.9 Å². The molecule has 0 radical (unpaired) electrons. The van der Waals surface area contributed by atoms with Gasteiger partial charge in [0.25, 0.3) is 5.91 Å². The Bertz CT molecular complexity index is 293. The Hall–Kier alpha value is -0.790. The predicted octanol–water partition coefficient (Wildman–Crippen LogP) is 0.864. The third-order valence-corrected chi connectivity index (χ3v) is 2.95. The zero-order valence-corrected chi connectivity index (χ0v) is 8.57. The molecule has 4 nitrogen and oxygen atoms in total. The SMILES string of the molecule is CN1C(=O)NCC(Br)(C(F)(F)F)C1=O. The largest absolute Gasteiger partial charge is 0.414 e. The molecule has 8 heteroatoms. The first-order valence-corrected chi connectivity index (χ1v) is 4.31. The fourth-order valence-corrected chi connectivity index (χ4v) is 1.38. The molecule has 0 aromatic heterocycles. The lowest BCUT2D eigenvalue weighted by Gasteiger charge is -2.36. The van der Waals surface area contributed by atoms with E-state index in [0.717, 1.165) is 7.05 Å². The lowest BCUT2D eigenvalue weighted by molar-refractivity contribution is -0.175. The second-order valence-electron chi connectivity index (χ2n) is 2.82. The van der Waals surface area contributed by atoms with Gasteiger partial charge in [-0.05, 0) is 0 Å². The van der Waals surface area contributed by atoms with Gasteiger partial charge in [-0.25, -0.2) is 4.79 Å². The first kappa shape index (κ1) is 11.3. The van der Waals surface area contributed by atoms with Gasteiger partial charge in [0.15, 0.2) is 0 Å². The van der Waals surface area contributed by atoms with Crippen LogP contribution in [-0.2, 0) is 4.79 Å². The van der Waals surface area contributed by atoms with E-state index in [1.54, 1.807) is 0 Å². The highest BCUT2D eigenvalue weighted by Crippen LogP contribution is 2.40. The first-order valence-electron chi connectivity index (χ1n) is 3.52. The van der Waals surface area contributed by atoms with Gasteiger partial charge in [0.1, 0.15) is 0 Å². The summed E-state index contributed by atoms with van der Waals surface area (Å²) in [5, 5.41) is 1.96. The van der Waals surface area contributed by atoms with E-state index in [4.69, 9.17) is 0 Å². The van der Waals surface area contributed by atoms with Crippen molar-refractivity contribution in [2.45, 2.75) is 10.5 Å². The summed E-state index contributed by atoms with van der Waals surface area (Å²) >= 11 is 2.32. The average molecular weight is 275 g/mol. The van der Waals surface area contributed by atoms with Gasteiger partial charge in [-0.3, -0.25) is 9.69 Å². The van der Waals surface area contributed by atoms with Gasteiger partial charge in [-0.15, -0.1) is 0 Å². The molecular formula is C6H6BrF3N2O2. The molecule has 14 heavy (non-hydrogen) atoms. The van der Waals surface area contributed by atoms with Gasteiger partial charge in [0.2, 0.25) is 4.32 Å². The summed E-state index contributed by atoms with van der Waals surface area (Å²) in [4.78, 5) is 22.4. The molecule has 1 rings (SSSR count). The monoisotopic (exact) mass is 274 g/mol. The van der Waals surface area contributed by atoms with Crippen LogP contribution in [0.1, 0.15) is 0 Å². The van der Waals surface area contributed by atoms with Crippen molar-refractivity contribution in [3.63, 3.8) is 0 Å². The smallest absolute Gasteiger partial charge is 0.335 e. The summed E-state index contributed by atoms with van der Waals surface area (Å²) in [6, 6.07) is -0.839. The lowest BCUT2D eigenvalue weighted by Crippen LogP contribution is -2.66. The lowest BCUT2D eigenvalue weighted by atomic mass is 10.1. The maximum atomic E-state index is 12.4. The van der Waals surface area contributed by atoms with Crippen LogP contribution in [0.5, 0.6) is 0 Å². The number of carbonyl (C=O) groups is 2. The van der Waals surface area contributed by atoms with Crippen molar-refractivity contribution in [1.29, 1.82) is 0 Å². The zero-order valence-electron chi connectivity index (χ0n) is 6.98. The molecule has 3 amide bonds. The molecule has 0 spiro atoms. The summed E-state index contributed by atoms with van der Waals surface area (Å²) in [5.41, 5.74) is 0. The average Bonchev–Trinajstić information content (AvgIpc) is 2.06. The molecule has 0 aromatic carbocycles. The van der Waals surface area contributed by atoms with Crippen LogP contribution >= 0.6 is 15.9 Å². The fraction of sp³-hybridized carbons (Fsp3) is 0.667. The maximum Gasteiger partial charge on any atom is 0.414 e. The molecule has 1 unspecified atom stereocenters. The summed E-state index contributed by atoms with van der Waals surface area (Å²) in [6.45, 7) is -0.793. The molecule has 1 aliphatic rings. The van der Waals surface area contributed by atoms with Crippen LogP contribution in [0.2, 0.25) is 0 Å². The molecule has 1 fully saturated rings. The first-order chi connectivity index (χ1) is 6.20. The third kappa shape index (κ3) is 1.47. The standard InChI is InChI=1S/C6H6BrF3N2O2/c1-12-3(13)5(7,6(8,9)10)2-11-4(12)14/h2H2,1H3,(H,11,14). The van der Waals surface area contributed by atoms with Crippen molar-refractivity contribution >= 4 is 27.9 Å². The Labute approximate surface area is 85.6 Å². The molecule has 80 valence electrons. The van der Waals surface area contributed by atoms with Gasteiger partial charge >= 0.3 is 12.2 Å². The number of alkyl halides is 4. The number of nitrogens with zero attached hydrogens (tertiary/aromatic N) is 1. The number of rotatable bonds is 0. The quantitative estimate of drug-likeness (QED) is 0.667. The number of carbonyl (C=O) groups excluding carboxylic acids is 2. The van der Waals surface area contributed by atoms with Crippen LogP contribution in [0.25, 0.3) is 0 Å². The Morgan fingerprint density at radius 1 is 1.50 bits per heavy atom. The number of hydrogen-bond acceptors (Lipinski definition) is 2. The summed E-state index contributed by atoms with van der Waals surface area (Å²) in [6.07, 6.45) is -4.74. The van der Waals surface area contributed by atoms with Crippen LogP contribution < -0.4 is 5.32 Å². The number of hydrogen-bond donors (Lipinski definition) is 1.